The first-order chi connectivity index (χ1) is 7.70. The molecule has 16 heavy (non-hydrogen) atoms. The van der Waals surface area contributed by atoms with Gasteiger partial charge in [0.2, 0.25) is 0 Å². The molecule has 1 aromatic heterocycles. The number of aromatic nitrogens is 2. The lowest BCUT2D eigenvalue weighted by Gasteiger charge is -2.07. The summed E-state index contributed by atoms with van der Waals surface area (Å²) >= 11 is 0. The Morgan fingerprint density at radius 2 is 2.44 bits per heavy atom. The molecule has 1 amide bonds. The van der Waals surface area contributed by atoms with Crippen LogP contribution in [0.3, 0.4) is 0 Å². The molecule has 90 valence electrons. The molecule has 0 aliphatic carbocycles. The fraction of sp³-hybridized carbons (Fsp3) is 0.600. The molecular formula is C10H18N4O2. The highest BCUT2D eigenvalue weighted by Crippen LogP contribution is 2.10. The van der Waals surface area contributed by atoms with Gasteiger partial charge in [-0.1, -0.05) is 0 Å². The summed E-state index contributed by atoms with van der Waals surface area (Å²) in [5.74, 6) is -0.187. The quantitative estimate of drug-likeness (QED) is 0.681. The minimum atomic E-state index is -0.187. The molecule has 0 unspecified atom stereocenters. The van der Waals surface area contributed by atoms with Crippen LogP contribution in [-0.2, 0) is 11.3 Å². The van der Waals surface area contributed by atoms with Crippen LogP contribution in [0, 0.1) is 0 Å². The topological polar surface area (TPSA) is 82.2 Å². The van der Waals surface area contributed by atoms with Crippen molar-refractivity contribution in [2.45, 2.75) is 19.9 Å². The number of ether oxygens (including phenoxy) is 1. The van der Waals surface area contributed by atoms with Crippen LogP contribution >= 0.6 is 0 Å². The Hall–Kier alpha value is -1.56. The third-order valence-corrected chi connectivity index (χ3v) is 2.19. The molecule has 6 nitrogen and oxygen atoms in total. The molecule has 0 atom stereocenters. The van der Waals surface area contributed by atoms with Gasteiger partial charge in [-0.2, -0.15) is 5.10 Å². The number of hydrogen-bond donors (Lipinski definition) is 2. The number of anilines is 1. The minimum absolute atomic E-state index is 0.187. The first-order valence-electron chi connectivity index (χ1n) is 5.29. The molecule has 0 bridgehead atoms. The lowest BCUT2D eigenvalue weighted by Crippen LogP contribution is -2.28. The second-order valence-corrected chi connectivity index (χ2v) is 3.37. The zero-order valence-electron chi connectivity index (χ0n) is 9.69. The zero-order chi connectivity index (χ0) is 12.0. The Labute approximate surface area is 94.8 Å². The number of nitrogen functional groups attached to an aromatic ring is 1. The van der Waals surface area contributed by atoms with Gasteiger partial charge in [-0.05, 0) is 13.3 Å². The first kappa shape index (κ1) is 12.5. The lowest BCUT2D eigenvalue weighted by atomic mass is 10.3. The van der Waals surface area contributed by atoms with E-state index >= 15 is 0 Å². The van der Waals surface area contributed by atoms with Crippen LogP contribution in [0.25, 0.3) is 0 Å². The molecule has 0 fully saturated rings. The molecule has 0 spiro atoms. The highest BCUT2D eigenvalue weighted by molar-refractivity contribution is 5.97. The van der Waals surface area contributed by atoms with Gasteiger partial charge in [0, 0.05) is 26.8 Å². The van der Waals surface area contributed by atoms with Crippen molar-refractivity contribution >= 4 is 11.6 Å². The number of hydrogen-bond acceptors (Lipinski definition) is 4. The zero-order valence-corrected chi connectivity index (χ0v) is 9.69. The van der Waals surface area contributed by atoms with Gasteiger partial charge in [0.05, 0.1) is 11.9 Å². The molecule has 1 rings (SSSR count). The smallest absolute Gasteiger partial charge is 0.271 e. The molecular weight excluding hydrogens is 208 g/mol. The van der Waals surface area contributed by atoms with Crippen LogP contribution in [0.1, 0.15) is 23.8 Å². The number of nitrogens with zero attached hydrogens (tertiary/aromatic N) is 2. The van der Waals surface area contributed by atoms with E-state index in [2.05, 4.69) is 10.4 Å². The van der Waals surface area contributed by atoms with Crippen molar-refractivity contribution in [1.29, 1.82) is 0 Å². The maximum absolute atomic E-state index is 11.8. The standard InChI is InChI=1S/C10H18N4O2/c1-3-14-9(8(11)7-13-14)10(15)12-5-4-6-16-2/h7H,3-6,11H2,1-2H3,(H,12,15). The van der Waals surface area contributed by atoms with Gasteiger partial charge >= 0.3 is 0 Å². The van der Waals surface area contributed by atoms with Crippen LogP contribution in [0.4, 0.5) is 5.69 Å². The maximum Gasteiger partial charge on any atom is 0.271 e. The van der Waals surface area contributed by atoms with Gasteiger partial charge in [-0.3, -0.25) is 9.48 Å². The third-order valence-electron chi connectivity index (χ3n) is 2.19. The molecule has 0 saturated heterocycles. The summed E-state index contributed by atoms with van der Waals surface area (Å²) in [4.78, 5) is 11.8. The third kappa shape index (κ3) is 2.96. The maximum atomic E-state index is 11.8. The number of carbonyl (C=O) groups is 1. The molecule has 1 aromatic rings. The number of amides is 1. The predicted molar refractivity (Wildman–Crippen MR) is 61.1 cm³/mol. The second kappa shape index (κ2) is 6.12. The van der Waals surface area contributed by atoms with Crippen molar-refractivity contribution in [1.82, 2.24) is 15.1 Å². The van der Waals surface area contributed by atoms with Crippen LogP contribution in [0.5, 0.6) is 0 Å². The number of aryl methyl sites for hydroxylation is 1. The van der Waals surface area contributed by atoms with Gasteiger partial charge in [-0.25, -0.2) is 0 Å². The Morgan fingerprint density at radius 1 is 1.69 bits per heavy atom. The minimum Gasteiger partial charge on any atom is -0.396 e. The first-order valence-corrected chi connectivity index (χ1v) is 5.29. The van der Waals surface area contributed by atoms with Crippen LogP contribution in [-0.4, -0.2) is 35.9 Å². The van der Waals surface area contributed by atoms with Crippen molar-refractivity contribution in [2.24, 2.45) is 0 Å². The second-order valence-electron chi connectivity index (χ2n) is 3.37. The molecule has 0 aromatic carbocycles. The van der Waals surface area contributed by atoms with Crippen LogP contribution in [0.15, 0.2) is 6.20 Å². The molecule has 1 heterocycles. The Morgan fingerprint density at radius 3 is 3.06 bits per heavy atom. The summed E-state index contributed by atoms with van der Waals surface area (Å²) in [6.45, 7) is 3.73. The van der Waals surface area contributed by atoms with Gasteiger partial charge in [0.15, 0.2) is 0 Å². The van der Waals surface area contributed by atoms with E-state index in [1.807, 2.05) is 6.92 Å². The van der Waals surface area contributed by atoms with Crippen LogP contribution < -0.4 is 11.1 Å². The molecule has 0 radical (unpaired) electrons. The van der Waals surface area contributed by atoms with Crippen molar-refractivity contribution < 1.29 is 9.53 Å². The number of methoxy groups -OCH3 is 1. The summed E-state index contributed by atoms with van der Waals surface area (Å²) < 4.78 is 6.47. The van der Waals surface area contributed by atoms with E-state index in [9.17, 15) is 4.79 Å². The van der Waals surface area contributed by atoms with E-state index in [0.717, 1.165) is 6.42 Å². The Balaban J connectivity index is 2.55. The van der Waals surface area contributed by atoms with E-state index in [-0.39, 0.29) is 5.91 Å². The van der Waals surface area contributed by atoms with Gasteiger partial charge in [-0.15, -0.1) is 0 Å². The molecule has 0 aliphatic rings. The highest BCUT2D eigenvalue weighted by atomic mass is 16.5. The molecule has 6 heteroatoms. The number of carbonyl (C=O) groups excluding carboxylic acids is 1. The molecule has 0 saturated carbocycles. The van der Waals surface area contributed by atoms with Crippen molar-refractivity contribution in [3.05, 3.63) is 11.9 Å². The highest BCUT2D eigenvalue weighted by Gasteiger charge is 2.15. The largest absolute Gasteiger partial charge is 0.396 e. The van der Waals surface area contributed by atoms with Crippen molar-refractivity contribution in [3.63, 3.8) is 0 Å². The number of rotatable bonds is 6. The van der Waals surface area contributed by atoms with Gasteiger partial charge in [0.1, 0.15) is 5.69 Å². The number of nitrogens with two attached hydrogens (primary N) is 1. The monoisotopic (exact) mass is 226 g/mol. The van der Waals surface area contributed by atoms with E-state index in [4.69, 9.17) is 10.5 Å². The van der Waals surface area contributed by atoms with E-state index in [0.29, 0.717) is 31.1 Å². The summed E-state index contributed by atoms with van der Waals surface area (Å²) in [6, 6.07) is 0. The van der Waals surface area contributed by atoms with Crippen molar-refractivity contribution in [3.8, 4) is 0 Å². The summed E-state index contributed by atoms with van der Waals surface area (Å²) in [7, 11) is 1.63. The lowest BCUT2D eigenvalue weighted by molar-refractivity contribution is 0.0939. The van der Waals surface area contributed by atoms with E-state index in [1.54, 1.807) is 11.8 Å². The molecule has 3 N–H and O–H groups in total. The van der Waals surface area contributed by atoms with Crippen molar-refractivity contribution in [2.75, 3.05) is 26.0 Å². The van der Waals surface area contributed by atoms with E-state index < -0.39 is 0 Å². The van der Waals surface area contributed by atoms with Crippen LogP contribution in [0.2, 0.25) is 0 Å². The van der Waals surface area contributed by atoms with E-state index in [1.165, 1.54) is 6.20 Å². The Bertz CT molecular complexity index is 349. The molecule has 0 aliphatic heterocycles. The summed E-state index contributed by atoms with van der Waals surface area (Å²) in [5.41, 5.74) is 6.52. The summed E-state index contributed by atoms with van der Waals surface area (Å²) in [6.07, 6.45) is 2.27. The fourth-order valence-corrected chi connectivity index (χ4v) is 1.39. The normalized spacial score (nSPS) is 10.4. The number of nitrogens with one attached hydrogen (secondary N) is 1. The van der Waals surface area contributed by atoms with Gasteiger partial charge < -0.3 is 15.8 Å². The average Bonchev–Trinajstić information content (AvgIpc) is 2.65. The Kier molecular flexibility index (Phi) is 4.78. The SMILES string of the molecule is CCn1ncc(N)c1C(=O)NCCCOC. The van der Waals surface area contributed by atoms with Gasteiger partial charge in [0.25, 0.3) is 5.91 Å². The predicted octanol–water partition coefficient (Wildman–Crippen LogP) is 0.251. The average molecular weight is 226 g/mol. The fourth-order valence-electron chi connectivity index (χ4n) is 1.39. The summed E-state index contributed by atoms with van der Waals surface area (Å²) in [5, 5.41) is 6.78.